The molecule has 104 valence electrons. The molecule has 3 saturated carbocycles. The number of hydrogen-bond acceptors (Lipinski definition) is 1. The first-order valence-corrected chi connectivity index (χ1v) is 8.52. The molecule has 0 amide bonds. The minimum atomic E-state index is -1.37. The standard InChI is InChI=1S/C12H8Cl6O/c13-8-9(14)11(16)5-3-1-2(6-7(3)19-6)4(5)10(8,15)12(11,17)18/h2-7H,1H2/t2-,3-,4-,5-,6-,7+,10+,11+/m1/s1. The Balaban J connectivity index is 1.80. The molecule has 0 spiro atoms. The molecule has 1 saturated heterocycles. The van der Waals surface area contributed by atoms with E-state index < -0.39 is 14.1 Å². The van der Waals surface area contributed by atoms with E-state index in [0.717, 1.165) is 6.42 Å². The van der Waals surface area contributed by atoms with Crippen LogP contribution >= 0.6 is 69.6 Å². The average molecular weight is 381 g/mol. The first-order valence-electron chi connectivity index (χ1n) is 6.25. The number of fused-ring (bicyclic) bond motifs is 12. The van der Waals surface area contributed by atoms with Crippen LogP contribution in [-0.4, -0.2) is 26.3 Å². The van der Waals surface area contributed by atoms with E-state index in [4.69, 9.17) is 74.3 Å². The van der Waals surface area contributed by atoms with Gasteiger partial charge in [-0.1, -0.05) is 46.4 Å². The van der Waals surface area contributed by atoms with Crippen molar-refractivity contribution in [1.82, 2.24) is 0 Å². The summed E-state index contributed by atoms with van der Waals surface area (Å²) >= 11 is 39.5. The van der Waals surface area contributed by atoms with Crippen molar-refractivity contribution in [3.8, 4) is 0 Å². The second-order valence-electron chi connectivity index (χ2n) is 6.31. The summed E-state index contributed by atoms with van der Waals surface area (Å²) in [7, 11) is 0. The lowest BCUT2D eigenvalue weighted by molar-refractivity contribution is 0.237. The third-order valence-electron chi connectivity index (χ3n) is 5.92. The quantitative estimate of drug-likeness (QED) is 0.343. The maximum absolute atomic E-state index is 6.82. The molecule has 1 aliphatic heterocycles. The molecule has 1 nitrogen and oxygen atoms in total. The molecule has 4 fully saturated rings. The molecule has 8 atom stereocenters. The maximum atomic E-state index is 6.82. The molecule has 0 aromatic rings. The highest BCUT2D eigenvalue weighted by atomic mass is 35.5. The van der Waals surface area contributed by atoms with Crippen LogP contribution in [0, 0.1) is 23.7 Å². The Hall–Kier alpha value is 1.44. The lowest BCUT2D eigenvalue weighted by Crippen LogP contribution is -2.46. The molecule has 0 radical (unpaired) electrons. The molecule has 5 rings (SSSR count). The van der Waals surface area contributed by atoms with E-state index in [1.165, 1.54) is 0 Å². The van der Waals surface area contributed by atoms with Gasteiger partial charge in [-0.15, -0.1) is 23.2 Å². The third-order valence-corrected chi connectivity index (χ3v) is 10.2. The fourth-order valence-corrected chi connectivity index (χ4v) is 8.43. The summed E-state index contributed by atoms with van der Waals surface area (Å²) in [6.45, 7) is 0. The second kappa shape index (κ2) is 3.20. The van der Waals surface area contributed by atoms with Gasteiger partial charge in [0.1, 0.15) is 9.75 Å². The van der Waals surface area contributed by atoms with Gasteiger partial charge in [0.05, 0.1) is 22.3 Å². The summed E-state index contributed by atoms with van der Waals surface area (Å²) in [4.78, 5) is -2.17. The van der Waals surface area contributed by atoms with Gasteiger partial charge in [-0.3, -0.25) is 0 Å². The van der Waals surface area contributed by atoms with E-state index in [0.29, 0.717) is 21.9 Å². The molecule has 0 aromatic carbocycles. The van der Waals surface area contributed by atoms with Crippen LogP contribution in [0.5, 0.6) is 0 Å². The van der Waals surface area contributed by atoms with Crippen molar-refractivity contribution in [2.45, 2.75) is 32.7 Å². The van der Waals surface area contributed by atoms with Crippen LogP contribution in [0.2, 0.25) is 0 Å². The first-order chi connectivity index (χ1) is 8.78. The molecule has 1 heterocycles. The summed E-state index contributed by atoms with van der Waals surface area (Å²) < 4.78 is 4.35. The zero-order valence-electron chi connectivity index (χ0n) is 9.35. The molecule has 4 aliphatic carbocycles. The van der Waals surface area contributed by atoms with E-state index in [1.54, 1.807) is 0 Å². The van der Waals surface area contributed by atoms with E-state index in [2.05, 4.69) is 0 Å². The van der Waals surface area contributed by atoms with Gasteiger partial charge in [-0.2, -0.15) is 0 Å². The van der Waals surface area contributed by atoms with Gasteiger partial charge in [0.2, 0.25) is 0 Å². The number of rotatable bonds is 0. The Morgan fingerprint density at radius 1 is 0.842 bits per heavy atom. The van der Waals surface area contributed by atoms with Crippen LogP contribution in [0.25, 0.3) is 0 Å². The molecule has 7 heteroatoms. The van der Waals surface area contributed by atoms with Gasteiger partial charge in [-0.25, -0.2) is 0 Å². The van der Waals surface area contributed by atoms with Gasteiger partial charge >= 0.3 is 0 Å². The molecule has 0 unspecified atom stereocenters. The lowest BCUT2D eigenvalue weighted by atomic mass is 9.73. The number of ether oxygens (including phenoxy) is 1. The van der Waals surface area contributed by atoms with Crippen molar-refractivity contribution in [2.24, 2.45) is 23.7 Å². The Morgan fingerprint density at radius 2 is 1.26 bits per heavy atom. The highest BCUT2D eigenvalue weighted by Gasteiger charge is 2.89. The fraction of sp³-hybridized carbons (Fsp3) is 0.833. The van der Waals surface area contributed by atoms with Crippen molar-refractivity contribution >= 4 is 69.6 Å². The third kappa shape index (κ3) is 0.986. The minimum absolute atomic E-state index is 0.0467. The van der Waals surface area contributed by atoms with Crippen LogP contribution in [0.1, 0.15) is 6.42 Å². The highest BCUT2D eigenvalue weighted by molar-refractivity contribution is 6.65. The minimum Gasteiger partial charge on any atom is -0.369 e. The fourth-order valence-electron chi connectivity index (χ4n) is 5.30. The number of halogens is 6. The van der Waals surface area contributed by atoms with Crippen LogP contribution in [0.3, 0.4) is 0 Å². The predicted molar refractivity (Wildman–Crippen MR) is 77.6 cm³/mol. The van der Waals surface area contributed by atoms with Gasteiger partial charge in [0.15, 0.2) is 4.33 Å². The van der Waals surface area contributed by atoms with Crippen molar-refractivity contribution in [1.29, 1.82) is 0 Å². The van der Waals surface area contributed by atoms with E-state index >= 15 is 0 Å². The van der Waals surface area contributed by atoms with Crippen molar-refractivity contribution in [3.63, 3.8) is 0 Å². The van der Waals surface area contributed by atoms with Gasteiger partial charge in [0.25, 0.3) is 0 Å². The topological polar surface area (TPSA) is 12.5 Å². The molecule has 5 aliphatic rings. The summed E-state index contributed by atoms with van der Waals surface area (Å²) in [5.74, 6) is 0.776. The zero-order valence-corrected chi connectivity index (χ0v) is 13.9. The van der Waals surface area contributed by atoms with Crippen molar-refractivity contribution in [2.75, 3.05) is 0 Å². The van der Waals surface area contributed by atoms with Crippen LogP contribution in [0.4, 0.5) is 0 Å². The highest BCUT2D eigenvalue weighted by Crippen LogP contribution is 2.84. The first kappa shape index (κ1) is 12.9. The second-order valence-corrected chi connectivity index (χ2v) is 9.58. The molecule has 0 N–H and O–H groups in total. The Labute approximate surface area is 140 Å². The molecular formula is C12H8Cl6O. The maximum Gasteiger partial charge on any atom is 0.166 e. The molecule has 19 heavy (non-hydrogen) atoms. The normalized spacial score (nSPS) is 66.6. The Bertz CT molecular complexity index is 516. The monoisotopic (exact) mass is 378 g/mol. The van der Waals surface area contributed by atoms with Gasteiger partial charge in [0, 0.05) is 0 Å². The van der Waals surface area contributed by atoms with Crippen LogP contribution < -0.4 is 0 Å². The zero-order chi connectivity index (χ0) is 13.5. The van der Waals surface area contributed by atoms with Crippen LogP contribution in [-0.2, 0) is 4.74 Å². The van der Waals surface area contributed by atoms with Crippen molar-refractivity contribution in [3.05, 3.63) is 10.1 Å². The summed E-state index contributed by atoms with van der Waals surface area (Å²) in [5, 5.41) is 0.642. The van der Waals surface area contributed by atoms with Crippen LogP contribution in [0.15, 0.2) is 10.1 Å². The lowest BCUT2D eigenvalue weighted by Gasteiger charge is -2.38. The van der Waals surface area contributed by atoms with E-state index in [1.807, 2.05) is 0 Å². The summed E-state index contributed by atoms with van der Waals surface area (Å²) in [6.07, 6.45) is 1.63. The molecule has 0 aromatic heterocycles. The molecule has 4 bridgehead atoms. The Morgan fingerprint density at radius 3 is 1.68 bits per heavy atom. The predicted octanol–water partition coefficient (Wildman–Crippen LogP) is 4.48. The number of epoxide rings is 1. The smallest absolute Gasteiger partial charge is 0.166 e. The number of allylic oxidation sites excluding steroid dienone is 2. The van der Waals surface area contributed by atoms with E-state index in [9.17, 15) is 0 Å². The van der Waals surface area contributed by atoms with Gasteiger partial charge in [-0.05, 0) is 30.1 Å². The van der Waals surface area contributed by atoms with Gasteiger partial charge < -0.3 is 4.74 Å². The number of hydrogen-bond donors (Lipinski definition) is 0. The Kier molecular flexibility index (Phi) is 2.18. The summed E-state index contributed by atoms with van der Waals surface area (Å²) in [6, 6.07) is 0. The largest absolute Gasteiger partial charge is 0.369 e. The molecular weight excluding hydrogens is 373 g/mol. The SMILES string of the molecule is ClC1=C(Cl)[C@@]2(Cl)[C@@H]3[C@H]4C[C@@H]([C@H]5O[C@@H]45)[C@H]3[C@@]1(Cl)C2(Cl)Cl. The van der Waals surface area contributed by atoms with Crippen molar-refractivity contribution < 1.29 is 4.74 Å². The van der Waals surface area contributed by atoms with E-state index in [-0.39, 0.29) is 24.0 Å². The number of alkyl halides is 4. The average Bonchev–Trinajstić information content (AvgIpc) is 2.91. The summed E-state index contributed by atoms with van der Waals surface area (Å²) in [5.41, 5.74) is 0.